The van der Waals surface area contributed by atoms with Crippen molar-refractivity contribution in [3.8, 4) is 11.6 Å². The summed E-state index contributed by atoms with van der Waals surface area (Å²) in [5.41, 5.74) is 0.740. The van der Waals surface area contributed by atoms with Crippen LogP contribution < -0.4 is 9.64 Å². The Morgan fingerprint density at radius 3 is 2.41 bits per heavy atom. The largest absolute Gasteiger partial charge is 0.438 e. The van der Waals surface area contributed by atoms with E-state index < -0.39 is 11.9 Å². The lowest BCUT2D eigenvalue weighted by Crippen LogP contribution is -2.47. The predicted octanol–water partition coefficient (Wildman–Crippen LogP) is 6.01. The molecule has 0 atom stereocenters. The van der Waals surface area contributed by atoms with Gasteiger partial charge in [-0.1, -0.05) is 45.0 Å². The van der Waals surface area contributed by atoms with Crippen molar-refractivity contribution < 1.29 is 22.6 Å². The van der Waals surface area contributed by atoms with Crippen molar-refractivity contribution >= 4 is 16.3 Å². The van der Waals surface area contributed by atoms with E-state index >= 15 is 0 Å². The van der Waals surface area contributed by atoms with Gasteiger partial charge in [-0.15, -0.1) is 11.3 Å². The van der Waals surface area contributed by atoms with Gasteiger partial charge in [0, 0.05) is 63.6 Å². The van der Waals surface area contributed by atoms with E-state index in [0.29, 0.717) is 55.0 Å². The fraction of sp³-hybridized carbons (Fsp3) is 0.481. The highest BCUT2D eigenvalue weighted by atomic mass is 32.1. The van der Waals surface area contributed by atoms with Crippen molar-refractivity contribution in [2.45, 2.75) is 38.8 Å². The van der Waals surface area contributed by atoms with Crippen LogP contribution in [0.3, 0.4) is 0 Å². The quantitative estimate of drug-likeness (QED) is 0.353. The summed E-state index contributed by atoms with van der Waals surface area (Å²) in [5.74, 6) is 1.05. The third kappa shape index (κ3) is 6.80. The Morgan fingerprint density at radius 1 is 1.00 bits per heavy atom. The maximum atomic E-state index is 14.0. The standard InChI is InChI=1S/C27H33F3N4O2S/c1-26(2,3)20-9-5-6-10-21(20)36-24-19(8-7-11-31-24)18-22-32-23(27(28,29)30)25(37-22)34-14-12-33(13-15-34)16-17-35-4/h5-11H,12-18H2,1-4H3. The number of anilines is 1. The number of hydrogen-bond donors (Lipinski definition) is 0. The molecule has 0 aliphatic carbocycles. The fourth-order valence-corrected chi connectivity index (χ4v) is 5.48. The Morgan fingerprint density at radius 2 is 1.73 bits per heavy atom. The summed E-state index contributed by atoms with van der Waals surface area (Å²) in [6, 6.07) is 11.3. The first-order chi connectivity index (χ1) is 17.6. The molecule has 37 heavy (non-hydrogen) atoms. The van der Waals surface area contributed by atoms with E-state index in [4.69, 9.17) is 9.47 Å². The monoisotopic (exact) mass is 534 g/mol. The van der Waals surface area contributed by atoms with Crippen molar-refractivity contribution in [2.24, 2.45) is 0 Å². The highest BCUT2D eigenvalue weighted by molar-refractivity contribution is 7.16. The zero-order chi connectivity index (χ0) is 26.6. The molecule has 3 heterocycles. The second-order valence-electron chi connectivity index (χ2n) is 10.1. The number of benzene rings is 1. The van der Waals surface area contributed by atoms with Gasteiger partial charge < -0.3 is 14.4 Å². The average Bonchev–Trinajstić information content (AvgIpc) is 3.28. The summed E-state index contributed by atoms with van der Waals surface area (Å²) >= 11 is 1.10. The Hall–Kier alpha value is -2.69. The van der Waals surface area contributed by atoms with Gasteiger partial charge in [0.05, 0.1) is 11.6 Å². The van der Waals surface area contributed by atoms with Crippen molar-refractivity contribution in [1.29, 1.82) is 0 Å². The SMILES string of the molecule is COCCN1CCN(c2sc(Cc3cccnc3Oc3ccccc3C(C)(C)C)nc2C(F)(F)F)CC1. The molecule has 0 amide bonds. The third-order valence-electron chi connectivity index (χ3n) is 6.29. The van der Waals surface area contributed by atoms with Crippen LogP contribution in [0.5, 0.6) is 11.6 Å². The minimum Gasteiger partial charge on any atom is -0.438 e. The lowest BCUT2D eigenvalue weighted by atomic mass is 9.86. The number of nitrogens with zero attached hydrogens (tertiary/aromatic N) is 4. The van der Waals surface area contributed by atoms with Crippen LogP contribution >= 0.6 is 11.3 Å². The van der Waals surface area contributed by atoms with Crippen LogP contribution in [0.2, 0.25) is 0 Å². The molecule has 1 fully saturated rings. The van der Waals surface area contributed by atoms with Crippen LogP contribution in [-0.4, -0.2) is 61.3 Å². The number of aromatic nitrogens is 2. The van der Waals surface area contributed by atoms with Crippen LogP contribution in [0.25, 0.3) is 0 Å². The Bertz CT molecular complexity index is 1180. The van der Waals surface area contributed by atoms with Crippen LogP contribution in [-0.2, 0) is 22.7 Å². The number of piperazine rings is 1. The molecular formula is C27H33F3N4O2S. The van der Waals surface area contributed by atoms with Crippen molar-refractivity contribution in [3.63, 3.8) is 0 Å². The molecule has 200 valence electrons. The first-order valence-electron chi connectivity index (χ1n) is 12.3. The Labute approximate surface area is 220 Å². The number of ether oxygens (including phenoxy) is 2. The molecule has 6 nitrogen and oxygen atoms in total. The molecule has 1 aliphatic rings. The van der Waals surface area contributed by atoms with E-state index in [-0.39, 0.29) is 16.8 Å². The number of pyridine rings is 1. The summed E-state index contributed by atoms with van der Waals surface area (Å²) in [6.45, 7) is 10.1. The molecule has 1 saturated heterocycles. The molecule has 0 spiro atoms. The van der Waals surface area contributed by atoms with E-state index in [1.807, 2.05) is 30.3 Å². The van der Waals surface area contributed by atoms with Gasteiger partial charge in [-0.3, -0.25) is 4.90 Å². The Kier molecular flexibility index (Phi) is 8.40. The number of thiazole rings is 1. The number of hydrogen-bond acceptors (Lipinski definition) is 7. The average molecular weight is 535 g/mol. The number of rotatable bonds is 8. The van der Waals surface area contributed by atoms with E-state index in [2.05, 4.69) is 35.6 Å². The van der Waals surface area contributed by atoms with Gasteiger partial charge in [-0.05, 0) is 17.5 Å². The molecule has 0 N–H and O–H groups in total. The smallest absolute Gasteiger partial charge is 0.436 e. The second kappa shape index (κ2) is 11.4. The maximum absolute atomic E-state index is 14.0. The zero-order valence-electron chi connectivity index (χ0n) is 21.6. The lowest BCUT2D eigenvalue weighted by molar-refractivity contribution is -0.140. The zero-order valence-corrected chi connectivity index (χ0v) is 22.5. The molecule has 0 bridgehead atoms. The summed E-state index contributed by atoms with van der Waals surface area (Å²) in [5, 5.41) is 0.560. The molecule has 1 aliphatic heterocycles. The maximum Gasteiger partial charge on any atom is 0.436 e. The highest BCUT2D eigenvalue weighted by Gasteiger charge is 2.40. The molecule has 0 saturated carbocycles. The van der Waals surface area contributed by atoms with Gasteiger partial charge in [0.2, 0.25) is 5.88 Å². The molecule has 0 radical (unpaired) electrons. The molecular weight excluding hydrogens is 501 g/mol. The van der Waals surface area contributed by atoms with Gasteiger partial charge in [-0.2, -0.15) is 13.2 Å². The van der Waals surface area contributed by atoms with Gasteiger partial charge >= 0.3 is 6.18 Å². The van der Waals surface area contributed by atoms with Gasteiger partial charge in [-0.25, -0.2) is 9.97 Å². The number of para-hydroxylation sites is 1. The van der Waals surface area contributed by atoms with Crippen molar-refractivity contribution in [3.05, 3.63) is 64.4 Å². The van der Waals surface area contributed by atoms with Gasteiger partial charge in [0.15, 0.2) is 5.69 Å². The third-order valence-corrected chi connectivity index (χ3v) is 7.40. The second-order valence-corrected chi connectivity index (χ2v) is 11.1. The number of halogens is 3. The van der Waals surface area contributed by atoms with E-state index in [1.54, 1.807) is 24.3 Å². The summed E-state index contributed by atoms with van der Waals surface area (Å²) in [7, 11) is 1.65. The lowest BCUT2D eigenvalue weighted by Gasteiger charge is -2.35. The van der Waals surface area contributed by atoms with Crippen LogP contribution in [0.1, 0.15) is 42.6 Å². The first kappa shape index (κ1) is 27.3. The predicted molar refractivity (Wildman–Crippen MR) is 140 cm³/mol. The summed E-state index contributed by atoms with van der Waals surface area (Å²) < 4.78 is 53.3. The highest BCUT2D eigenvalue weighted by Crippen LogP contribution is 2.41. The normalized spacial score (nSPS) is 15.3. The molecule has 10 heteroatoms. The number of methoxy groups -OCH3 is 1. The van der Waals surface area contributed by atoms with Crippen LogP contribution in [0, 0.1) is 0 Å². The number of alkyl halides is 3. The van der Waals surface area contributed by atoms with Crippen LogP contribution in [0.15, 0.2) is 42.6 Å². The summed E-state index contributed by atoms with van der Waals surface area (Å²) in [6.07, 6.45) is -2.71. The molecule has 4 rings (SSSR count). The first-order valence-corrected chi connectivity index (χ1v) is 13.1. The van der Waals surface area contributed by atoms with E-state index in [1.165, 1.54) is 0 Å². The van der Waals surface area contributed by atoms with Crippen molar-refractivity contribution in [1.82, 2.24) is 14.9 Å². The molecule has 2 aromatic heterocycles. The minimum absolute atomic E-state index is 0.148. The van der Waals surface area contributed by atoms with Gasteiger partial charge in [0.1, 0.15) is 10.8 Å². The van der Waals surface area contributed by atoms with Crippen molar-refractivity contribution in [2.75, 3.05) is 51.3 Å². The Balaban J connectivity index is 1.57. The topological polar surface area (TPSA) is 50.7 Å². The minimum atomic E-state index is -4.53. The van der Waals surface area contributed by atoms with E-state index in [9.17, 15) is 13.2 Å². The molecule has 3 aromatic rings. The van der Waals surface area contributed by atoms with E-state index in [0.717, 1.165) is 23.4 Å². The molecule has 1 aromatic carbocycles. The van der Waals surface area contributed by atoms with Crippen LogP contribution in [0.4, 0.5) is 18.2 Å². The molecule has 0 unspecified atom stereocenters. The fourth-order valence-electron chi connectivity index (χ4n) is 4.32. The summed E-state index contributed by atoms with van der Waals surface area (Å²) in [4.78, 5) is 12.5. The van der Waals surface area contributed by atoms with Gasteiger partial charge in [0.25, 0.3) is 0 Å².